The number of hydrogen-bond donors (Lipinski definition) is 0. The van der Waals surface area contributed by atoms with E-state index in [0.717, 1.165) is 32.1 Å². The molecule has 0 amide bonds. The standard InChI is InChI=1S/C21H42O6/c1-6-8-9-10-11-12-14-19(21(22-3,23-4)24-5)15-13-17-26-20(18-27-20)25-16-7-2/h19H,6-18H2,1-5H3. The van der Waals surface area contributed by atoms with E-state index in [9.17, 15) is 0 Å². The Morgan fingerprint density at radius 2 is 1.33 bits per heavy atom. The average molecular weight is 391 g/mol. The van der Waals surface area contributed by atoms with Gasteiger partial charge in [-0.2, -0.15) is 0 Å². The van der Waals surface area contributed by atoms with Gasteiger partial charge in [0.15, 0.2) is 0 Å². The predicted molar refractivity (Wildman–Crippen MR) is 105 cm³/mol. The molecule has 0 radical (unpaired) electrons. The first-order chi connectivity index (χ1) is 13.1. The van der Waals surface area contributed by atoms with Crippen molar-refractivity contribution < 1.29 is 28.4 Å². The van der Waals surface area contributed by atoms with Gasteiger partial charge in [0.2, 0.25) is 0 Å². The Morgan fingerprint density at radius 3 is 1.89 bits per heavy atom. The molecule has 0 spiro atoms. The molecule has 1 aliphatic rings. The summed E-state index contributed by atoms with van der Waals surface area (Å²) in [5, 5.41) is 0. The van der Waals surface area contributed by atoms with Crippen molar-refractivity contribution in [3.63, 3.8) is 0 Å². The first kappa shape index (κ1) is 24.8. The molecule has 6 heteroatoms. The molecule has 0 bridgehead atoms. The van der Waals surface area contributed by atoms with Gasteiger partial charge in [0.25, 0.3) is 5.97 Å². The third kappa shape index (κ3) is 8.75. The van der Waals surface area contributed by atoms with Gasteiger partial charge in [-0.1, -0.05) is 52.4 Å². The molecule has 1 rings (SSSR count). The number of epoxide rings is 1. The molecule has 27 heavy (non-hydrogen) atoms. The molecule has 1 saturated heterocycles. The molecule has 0 aliphatic carbocycles. The van der Waals surface area contributed by atoms with Gasteiger partial charge in [-0.15, -0.1) is 0 Å². The van der Waals surface area contributed by atoms with E-state index < -0.39 is 11.9 Å². The fourth-order valence-electron chi connectivity index (χ4n) is 3.50. The highest BCUT2D eigenvalue weighted by molar-refractivity contribution is 4.73. The first-order valence-corrected chi connectivity index (χ1v) is 10.7. The van der Waals surface area contributed by atoms with Crippen LogP contribution in [-0.2, 0) is 28.4 Å². The van der Waals surface area contributed by atoms with Crippen LogP contribution in [0.5, 0.6) is 0 Å². The second kappa shape index (κ2) is 13.9. The minimum atomic E-state index is -0.990. The van der Waals surface area contributed by atoms with Gasteiger partial charge in [0, 0.05) is 27.2 Å². The fraction of sp³-hybridized carbons (Fsp3) is 1.00. The normalized spacial score (nSPS) is 20.8. The number of rotatable bonds is 19. The van der Waals surface area contributed by atoms with E-state index in [-0.39, 0.29) is 5.92 Å². The highest BCUT2D eigenvalue weighted by atomic mass is 16.9. The minimum Gasteiger partial charge on any atom is -0.331 e. The SMILES string of the molecule is CCCCCCCCC(CCCOC1(OCCC)CO1)C(OC)(OC)OC. The van der Waals surface area contributed by atoms with Crippen molar-refractivity contribution in [2.45, 2.75) is 90.0 Å². The summed E-state index contributed by atoms with van der Waals surface area (Å²) < 4.78 is 33.6. The van der Waals surface area contributed by atoms with Gasteiger partial charge in [-0.25, -0.2) is 0 Å². The summed E-state index contributed by atoms with van der Waals surface area (Å²) in [6, 6.07) is 0. The van der Waals surface area contributed by atoms with Crippen LogP contribution in [0.1, 0.15) is 78.1 Å². The summed E-state index contributed by atoms with van der Waals surface area (Å²) in [4.78, 5) is 0. The molecule has 0 saturated carbocycles. The van der Waals surface area contributed by atoms with Crippen LogP contribution in [0.3, 0.4) is 0 Å². The Labute approximate surface area is 166 Å². The lowest BCUT2D eigenvalue weighted by molar-refractivity contribution is -0.380. The Morgan fingerprint density at radius 1 is 0.778 bits per heavy atom. The van der Waals surface area contributed by atoms with Crippen molar-refractivity contribution in [1.82, 2.24) is 0 Å². The van der Waals surface area contributed by atoms with Crippen molar-refractivity contribution in [2.24, 2.45) is 5.92 Å². The topological polar surface area (TPSA) is 58.7 Å². The maximum absolute atomic E-state index is 5.81. The molecule has 6 nitrogen and oxygen atoms in total. The Hall–Kier alpha value is -0.240. The number of unbranched alkanes of at least 4 members (excludes halogenated alkanes) is 5. The van der Waals surface area contributed by atoms with Crippen molar-refractivity contribution in [3.8, 4) is 0 Å². The van der Waals surface area contributed by atoms with Crippen LogP contribution in [0.2, 0.25) is 0 Å². The van der Waals surface area contributed by atoms with Crippen molar-refractivity contribution in [2.75, 3.05) is 41.2 Å². The van der Waals surface area contributed by atoms with Crippen molar-refractivity contribution in [1.29, 1.82) is 0 Å². The lowest BCUT2D eigenvalue weighted by atomic mass is 9.93. The monoisotopic (exact) mass is 390 g/mol. The summed E-state index contributed by atoms with van der Waals surface area (Å²) in [5.74, 6) is -1.62. The minimum absolute atomic E-state index is 0.153. The molecule has 1 aliphatic heterocycles. The van der Waals surface area contributed by atoms with Crippen LogP contribution < -0.4 is 0 Å². The van der Waals surface area contributed by atoms with E-state index >= 15 is 0 Å². The highest BCUT2D eigenvalue weighted by Gasteiger charge is 2.48. The van der Waals surface area contributed by atoms with E-state index in [4.69, 9.17) is 28.4 Å². The van der Waals surface area contributed by atoms with Gasteiger partial charge in [-0.05, 0) is 25.7 Å². The molecule has 0 aromatic rings. The Kier molecular flexibility index (Phi) is 12.7. The van der Waals surface area contributed by atoms with Crippen LogP contribution in [0, 0.1) is 5.92 Å². The first-order valence-electron chi connectivity index (χ1n) is 10.7. The molecule has 1 fully saturated rings. The molecule has 2 atom stereocenters. The lowest BCUT2D eigenvalue weighted by Gasteiger charge is -2.36. The summed E-state index contributed by atoms with van der Waals surface area (Å²) >= 11 is 0. The number of methoxy groups -OCH3 is 3. The lowest BCUT2D eigenvalue weighted by Crippen LogP contribution is -2.44. The van der Waals surface area contributed by atoms with Gasteiger partial charge >= 0.3 is 5.97 Å². The van der Waals surface area contributed by atoms with Gasteiger partial charge < -0.3 is 28.4 Å². The van der Waals surface area contributed by atoms with Crippen LogP contribution in [0.4, 0.5) is 0 Å². The molecule has 1 heterocycles. The molecular weight excluding hydrogens is 348 g/mol. The van der Waals surface area contributed by atoms with Crippen molar-refractivity contribution >= 4 is 0 Å². The summed E-state index contributed by atoms with van der Waals surface area (Å²) in [6.07, 6.45) is 11.3. The number of ether oxygens (including phenoxy) is 6. The second-order valence-corrected chi connectivity index (χ2v) is 7.28. The molecular formula is C21H42O6. The van der Waals surface area contributed by atoms with E-state index in [1.54, 1.807) is 21.3 Å². The molecule has 0 aromatic heterocycles. The van der Waals surface area contributed by atoms with Crippen LogP contribution >= 0.6 is 0 Å². The van der Waals surface area contributed by atoms with Crippen LogP contribution in [0.15, 0.2) is 0 Å². The largest absolute Gasteiger partial charge is 0.331 e. The molecule has 0 N–H and O–H groups in total. The van der Waals surface area contributed by atoms with E-state index in [1.165, 1.54) is 32.1 Å². The molecule has 162 valence electrons. The average Bonchev–Trinajstić information content (AvgIpc) is 3.47. The Balaban J connectivity index is 2.41. The van der Waals surface area contributed by atoms with E-state index in [1.807, 2.05) is 0 Å². The predicted octanol–water partition coefficient (Wildman–Crippen LogP) is 4.85. The third-order valence-corrected chi connectivity index (χ3v) is 5.18. The summed E-state index contributed by atoms with van der Waals surface area (Å²) in [5.41, 5.74) is 0. The summed E-state index contributed by atoms with van der Waals surface area (Å²) in [6.45, 7) is 6.08. The third-order valence-electron chi connectivity index (χ3n) is 5.18. The molecule has 0 aromatic carbocycles. The zero-order valence-corrected chi connectivity index (χ0v) is 18.2. The number of hydrogen-bond acceptors (Lipinski definition) is 6. The van der Waals surface area contributed by atoms with Crippen molar-refractivity contribution in [3.05, 3.63) is 0 Å². The maximum atomic E-state index is 5.81. The second-order valence-electron chi connectivity index (χ2n) is 7.28. The fourth-order valence-corrected chi connectivity index (χ4v) is 3.50. The highest BCUT2D eigenvalue weighted by Crippen LogP contribution is 2.34. The van der Waals surface area contributed by atoms with Gasteiger partial charge in [0.1, 0.15) is 6.61 Å². The van der Waals surface area contributed by atoms with Gasteiger partial charge in [0.05, 0.1) is 13.2 Å². The zero-order chi connectivity index (χ0) is 20.0. The summed E-state index contributed by atoms with van der Waals surface area (Å²) in [7, 11) is 4.93. The van der Waals surface area contributed by atoms with Crippen LogP contribution in [-0.4, -0.2) is 53.1 Å². The maximum Gasteiger partial charge on any atom is 0.308 e. The van der Waals surface area contributed by atoms with E-state index in [2.05, 4.69) is 13.8 Å². The molecule has 2 unspecified atom stereocenters. The van der Waals surface area contributed by atoms with Crippen LogP contribution in [0.25, 0.3) is 0 Å². The zero-order valence-electron chi connectivity index (χ0n) is 18.2. The van der Waals surface area contributed by atoms with Gasteiger partial charge in [-0.3, -0.25) is 0 Å². The smallest absolute Gasteiger partial charge is 0.308 e. The Bertz CT molecular complexity index is 346. The quantitative estimate of drug-likeness (QED) is 0.178. The van der Waals surface area contributed by atoms with E-state index in [0.29, 0.717) is 19.8 Å².